The second kappa shape index (κ2) is 8.50. The fourth-order valence-corrected chi connectivity index (χ4v) is 4.35. The zero-order valence-corrected chi connectivity index (χ0v) is 18.9. The zero-order valence-electron chi connectivity index (χ0n) is 18.9. The highest BCUT2D eigenvalue weighted by Crippen LogP contribution is 2.43. The maximum atomic E-state index is 12.8. The molecule has 0 bridgehead atoms. The molecule has 0 fully saturated rings. The molecule has 7 nitrogen and oxygen atoms in total. The third-order valence-electron chi connectivity index (χ3n) is 5.72. The Morgan fingerprint density at radius 2 is 1.73 bits per heavy atom. The van der Waals surface area contributed by atoms with Crippen LogP contribution in [0.1, 0.15) is 41.8 Å². The van der Waals surface area contributed by atoms with E-state index in [1.807, 2.05) is 81.4 Å². The summed E-state index contributed by atoms with van der Waals surface area (Å²) in [5, 5.41) is 7.97. The highest BCUT2D eigenvalue weighted by atomic mass is 16.5. The molecular weight excluding hydrogens is 414 g/mol. The van der Waals surface area contributed by atoms with Crippen LogP contribution in [-0.4, -0.2) is 32.3 Å². The first kappa shape index (κ1) is 20.9. The monoisotopic (exact) mass is 439 g/mol. The highest BCUT2D eigenvalue weighted by molar-refractivity contribution is 5.96. The summed E-state index contributed by atoms with van der Waals surface area (Å²) in [6.45, 7) is 6.42. The minimum atomic E-state index is -0.153. The summed E-state index contributed by atoms with van der Waals surface area (Å²) in [6.07, 6.45) is 0.334. The molecule has 0 saturated carbocycles. The molecule has 33 heavy (non-hydrogen) atoms. The fourth-order valence-electron chi connectivity index (χ4n) is 4.35. The molecule has 166 valence electrons. The SMILES string of the molecule is CCOc1ccc(C2CC(=O)Nc3c2c(-c2ccccc2)nn3-c2nc(C)cc(C)n2)cc1. The molecule has 0 spiro atoms. The number of anilines is 1. The van der Waals surface area contributed by atoms with Crippen LogP contribution in [-0.2, 0) is 4.79 Å². The minimum absolute atomic E-state index is 0.0634. The Kier molecular flexibility index (Phi) is 5.38. The van der Waals surface area contributed by atoms with E-state index in [1.54, 1.807) is 4.68 Å². The van der Waals surface area contributed by atoms with Crippen molar-refractivity contribution >= 4 is 11.7 Å². The van der Waals surface area contributed by atoms with E-state index in [0.717, 1.165) is 39.5 Å². The van der Waals surface area contributed by atoms with Crippen molar-refractivity contribution < 1.29 is 9.53 Å². The molecule has 5 rings (SSSR count). The zero-order chi connectivity index (χ0) is 22.9. The van der Waals surface area contributed by atoms with Crippen molar-refractivity contribution in [2.75, 3.05) is 11.9 Å². The van der Waals surface area contributed by atoms with E-state index in [1.165, 1.54) is 0 Å². The van der Waals surface area contributed by atoms with Gasteiger partial charge in [0, 0.05) is 34.9 Å². The minimum Gasteiger partial charge on any atom is -0.494 e. The van der Waals surface area contributed by atoms with Crippen molar-refractivity contribution in [3.05, 3.63) is 83.2 Å². The number of aryl methyl sites for hydroxylation is 2. The summed E-state index contributed by atoms with van der Waals surface area (Å²) in [5.41, 5.74) is 5.47. The molecule has 1 N–H and O–H groups in total. The molecule has 1 aliphatic heterocycles. The van der Waals surface area contributed by atoms with E-state index >= 15 is 0 Å². The molecule has 7 heteroatoms. The van der Waals surface area contributed by atoms with Crippen LogP contribution in [0.15, 0.2) is 60.7 Å². The number of ether oxygens (including phenoxy) is 1. The van der Waals surface area contributed by atoms with E-state index in [-0.39, 0.29) is 11.8 Å². The summed E-state index contributed by atoms with van der Waals surface area (Å²) in [7, 11) is 0. The lowest BCUT2D eigenvalue weighted by Gasteiger charge is -2.24. The standard InChI is InChI=1S/C26H25N5O2/c1-4-33-20-12-10-18(11-13-20)21-15-22(32)29-25-23(21)24(19-8-6-5-7-9-19)30-31(25)26-27-16(2)14-17(3)28-26/h5-14,21H,4,15H2,1-3H3,(H,29,32). The predicted molar refractivity (Wildman–Crippen MR) is 127 cm³/mol. The third-order valence-corrected chi connectivity index (χ3v) is 5.72. The van der Waals surface area contributed by atoms with Crippen LogP contribution in [0, 0.1) is 13.8 Å². The molecule has 1 unspecified atom stereocenters. The quantitative estimate of drug-likeness (QED) is 0.482. The lowest BCUT2D eigenvalue weighted by Crippen LogP contribution is -2.25. The summed E-state index contributed by atoms with van der Waals surface area (Å²) >= 11 is 0. The van der Waals surface area contributed by atoms with Crippen LogP contribution < -0.4 is 10.1 Å². The number of nitrogens with zero attached hydrogens (tertiary/aromatic N) is 4. The summed E-state index contributed by atoms with van der Waals surface area (Å²) in [6, 6.07) is 19.9. The second-order valence-electron chi connectivity index (χ2n) is 8.15. The van der Waals surface area contributed by atoms with Crippen LogP contribution in [0.3, 0.4) is 0 Å². The van der Waals surface area contributed by atoms with Crippen molar-refractivity contribution in [1.82, 2.24) is 19.7 Å². The van der Waals surface area contributed by atoms with Gasteiger partial charge in [0.05, 0.1) is 12.3 Å². The van der Waals surface area contributed by atoms with Crippen LogP contribution in [0.5, 0.6) is 5.75 Å². The Balaban J connectivity index is 1.72. The van der Waals surface area contributed by atoms with Gasteiger partial charge < -0.3 is 10.1 Å². The lowest BCUT2D eigenvalue weighted by molar-refractivity contribution is -0.116. The van der Waals surface area contributed by atoms with Gasteiger partial charge in [0.15, 0.2) is 0 Å². The summed E-state index contributed by atoms with van der Waals surface area (Å²) < 4.78 is 7.27. The van der Waals surface area contributed by atoms with Crippen molar-refractivity contribution in [2.45, 2.75) is 33.1 Å². The van der Waals surface area contributed by atoms with Crippen LogP contribution in [0.4, 0.5) is 5.82 Å². The first-order valence-electron chi connectivity index (χ1n) is 11.1. The molecule has 0 saturated heterocycles. The number of hydrogen-bond donors (Lipinski definition) is 1. The van der Waals surface area contributed by atoms with Crippen molar-refractivity contribution in [1.29, 1.82) is 0 Å². The maximum Gasteiger partial charge on any atom is 0.252 e. The number of aromatic nitrogens is 4. The van der Waals surface area contributed by atoms with Crippen LogP contribution >= 0.6 is 0 Å². The van der Waals surface area contributed by atoms with E-state index < -0.39 is 0 Å². The average Bonchev–Trinajstić information content (AvgIpc) is 3.19. The number of fused-ring (bicyclic) bond motifs is 1. The Morgan fingerprint density at radius 3 is 2.39 bits per heavy atom. The molecule has 1 amide bonds. The molecule has 0 radical (unpaired) electrons. The highest BCUT2D eigenvalue weighted by Gasteiger charge is 2.35. The van der Waals surface area contributed by atoms with Crippen molar-refractivity contribution in [2.24, 2.45) is 0 Å². The maximum absolute atomic E-state index is 12.8. The van der Waals surface area contributed by atoms with Gasteiger partial charge in [-0.1, -0.05) is 42.5 Å². The van der Waals surface area contributed by atoms with Gasteiger partial charge in [-0.2, -0.15) is 9.78 Å². The Labute approximate surface area is 192 Å². The molecule has 0 aliphatic carbocycles. The molecule has 1 aliphatic rings. The predicted octanol–water partition coefficient (Wildman–Crippen LogP) is 4.82. The number of carbonyl (C=O) groups is 1. The number of carbonyl (C=O) groups excluding carboxylic acids is 1. The number of amides is 1. The van der Waals surface area contributed by atoms with Gasteiger partial charge in [-0.25, -0.2) is 9.97 Å². The topological polar surface area (TPSA) is 81.9 Å². The van der Waals surface area contributed by atoms with Crippen molar-refractivity contribution in [3.63, 3.8) is 0 Å². The van der Waals surface area contributed by atoms with Gasteiger partial charge in [-0.05, 0) is 44.5 Å². The largest absolute Gasteiger partial charge is 0.494 e. The third kappa shape index (κ3) is 3.98. The fraction of sp³-hybridized carbons (Fsp3) is 0.231. The lowest BCUT2D eigenvalue weighted by atomic mass is 9.84. The van der Waals surface area contributed by atoms with Gasteiger partial charge in [0.2, 0.25) is 5.91 Å². The Bertz CT molecular complexity index is 1290. The van der Waals surface area contributed by atoms with Crippen LogP contribution in [0.25, 0.3) is 17.2 Å². The first-order valence-corrected chi connectivity index (χ1v) is 11.1. The van der Waals surface area contributed by atoms with Gasteiger partial charge >= 0.3 is 0 Å². The van der Waals surface area contributed by atoms with Crippen molar-refractivity contribution in [3.8, 4) is 23.0 Å². The normalized spacial score (nSPS) is 15.1. The van der Waals surface area contributed by atoms with E-state index in [9.17, 15) is 4.79 Å². The molecule has 2 aromatic carbocycles. The second-order valence-corrected chi connectivity index (χ2v) is 8.15. The molecule has 3 heterocycles. The van der Waals surface area contributed by atoms with E-state index in [2.05, 4.69) is 15.3 Å². The first-order chi connectivity index (χ1) is 16.0. The number of hydrogen-bond acceptors (Lipinski definition) is 5. The molecule has 2 aromatic heterocycles. The molecule has 4 aromatic rings. The summed E-state index contributed by atoms with van der Waals surface area (Å²) in [4.78, 5) is 22.0. The summed E-state index contributed by atoms with van der Waals surface area (Å²) in [5.74, 6) is 1.66. The average molecular weight is 440 g/mol. The molecule has 1 atom stereocenters. The van der Waals surface area contributed by atoms with E-state index in [0.29, 0.717) is 24.8 Å². The van der Waals surface area contributed by atoms with E-state index in [4.69, 9.17) is 9.84 Å². The van der Waals surface area contributed by atoms with Gasteiger partial charge in [0.25, 0.3) is 5.95 Å². The van der Waals surface area contributed by atoms with Gasteiger partial charge in [-0.15, -0.1) is 0 Å². The van der Waals surface area contributed by atoms with Gasteiger partial charge in [0.1, 0.15) is 11.6 Å². The number of benzene rings is 2. The number of nitrogens with one attached hydrogen (secondary N) is 1. The molecular formula is C26H25N5O2. The van der Waals surface area contributed by atoms with Gasteiger partial charge in [-0.3, -0.25) is 4.79 Å². The Hall–Kier alpha value is -4.00. The smallest absolute Gasteiger partial charge is 0.252 e. The number of rotatable bonds is 5. The van der Waals surface area contributed by atoms with Crippen LogP contribution in [0.2, 0.25) is 0 Å². The Morgan fingerprint density at radius 1 is 1.03 bits per heavy atom.